The standard InChI is InChI=1S/C11H16N4O2/c1-17-7-6-12-10(16)9-4-5-13-11(15-9)14-8-2-3-8/h4-5,8H,2-3,6-7H2,1H3,(H,12,16)(H,13,14,15). The molecule has 0 bridgehead atoms. The van der Waals surface area contributed by atoms with Gasteiger partial charge >= 0.3 is 0 Å². The topological polar surface area (TPSA) is 76.1 Å². The molecule has 6 heteroatoms. The number of aromatic nitrogens is 2. The van der Waals surface area contributed by atoms with E-state index in [0.717, 1.165) is 12.8 Å². The van der Waals surface area contributed by atoms with Crippen molar-refractivity contribution in [3.63, 3.8) is 0 Å². The molecule has 2 rings (SSSR count). The maximum Gasteiger partial charge on any atom is 0.270 e. The summed E-state index contributed by atoms with van der Waals surface area (Å²) < 4.78 is 4.85. The molecular weight excluding hydrogens is 220 g/mol. The summed E-state index contributed by atoms with van der Waals surface area (Å²) in [5.74, 6) is 0.315. The zero-order valence-electron chi connectivity index (χ0n) is 9.77. The summed E-state index contributed by atoms with van der Waals surface area (Å²) in [6, 6.07) is 2.07. The highest BCUT2D eigenvalue weighted by Crippen LogP contribution is 2.22. The Hall–Kier alpha value is -1.69. The lowest BCUT2D eigenvalue weighted by Gasteiger charge is -2.06. The van der Waals surface area contributed by atoms with Crippen molar-refractivity contribution in [2.45, 2.75) is 18.9 Å². The maximum absolute atomic E-state index is 11.7. The van der Waals surface area contributed by atoms with Gasteiger partial charge in [-0.15, -0.1) is 0 Å². The van der Waals surface area contributed by atoms with Crippen LogP contribution in [0, 0.1) is 0 Å². The monoisotopic (exact) mass is 236 g/mol. The van der Waals surface area contributed by atoms with Gasteiger partial charge in [0.1, 0.15) is 5.69 Å². The lowest BCUT2D eigenvalue weighted by Crippen LogP contribution is -2.28. The minimum Gasteiger partial charge on any atom is -0.383 e. The largest absolute Gasteiger partial charge is 0.383 e. The molecule has 17 heavy (non-hydrogen) atoms. The second kappa shape index (κ2) is 5.58. The van der Waals surface area contributed by atoms with E-state index in [2.05, 4.69) is 20.6 Å². The van der Waals surface area contributed by atoms with Gasteiger partial charge in [0.25, 0.3) is 5.91 Å². The highest BCUT2D eigenvalue weighted by Gasteiger charge is 2.22. The fourth-order valence-corrected chi connectivity index (χ4v) is 1.32. The summed E-state index contributed by atoms with van der Waals surface area (Å²) in [5.41, 5.74) is 0.374. The van der Waals surface area contributed by atoms with Crippen LogP contribution in [0.2, 0.25) is 0 Å². The van der Waals surface area contributed by atoms with Crippen LogP contribution >= 0.6 is 0 Å². The SMILES string of the molecule is COCCNC(=O)c1ccnc(NC2CC2)n1. The predicted molar refractivity (Wildman–Crippen MR) is 62.9 cm³/mol. The second-order valence-corrected chi connectivity index (χ2v) is 3.93. The molecule has 0 aliphatic heterocycles. The second-order valence-electron chi connectivity index (χ2n) is 3.93. The van der Waals surface area contributed by atoms with E-state index in [0.29, 0.717) is 30.8 Å². The van der Waals surface area contributed by atoms with Crippen LogP contribution in [-0.4, -0.2) is 42.2 Å². The van der Waals surface area contributed by atoms with Crippen molar-refractivity contribution in [3.05, 3.63) is 18.0 Å². The summed E-state index contributed by atoms with van der Waals surface area (Å²) in [6.07, 6.45) is 3.88. The third kappa shape index (κ3) is 3.67. The Morgan fingerprint density at radius 1 is 1.59 bits per heavy atom. The predicted octanol–water partition coefficient (Wildman–Crippen LogP) is 0.427. The first-order valence-electron chi connectivity index (χ1n) is 5.66. The molecule has 1 amide bonds. The number of anilines is 1. The van der Waals surface area contributed by atoms with Crippen LogP contribution in [0.4, 0.5) is 5.95 Å². The number of carbonyl (C=O) groups is 1. The summed E-state index contributed by atoms with van der Waals surface area (Å²) >= 11 is 0. The van der Waals surface area contributed by atoms with Crippen molar-refractivity contribution < 1.29 is 9.53 Å². The van der Waals surface area contributed by atoms with Gasteiger partial charge < -0.3 is 15.4 Å². The van der Waals surface area contributed by atoms with Crippen molar-refractivity contribution >= 4 is 11.9 Å². The number of methoxy groups -OCH3 is 1. The number of hydrogen-bond acceptors (Lipinski definition) is 5. The Morgan fingerprint density at radius 2 is 2.41 bits per heavy atom. The van der Waals surface area contributed by atoms with Crippen LogP contribution in [0.3, 0.4) is 0 Å². The van der Waals surface area contributed by atoms with E-state index in [1.807, 2.05) is 0 Å². The molecule has 92 valence electrons. The Balaban J connectivity index is 1.91. The van der Waals surface area contributed by atoms with E-state index in [1.54, 1.807) is 19.4 Å². The van der Waals surface area contributed by atoms with Gasteiger partial charge in [0.2, 0.25) is 5.95 Å². The van der Waals surface area contributed by atoms with Gasteiger partial charge in [-0.05, 0) is 18.9 Å². The van der Waals surface area contributed by atoms with E-state index < -0.39 is 0 Å². The summed E-state index contributed by atoms with van der Waals surface area (Å²) in [7, 11) is 1.59. The quantitative estimate of drug-likeness (QED) is 0.700. The molecule has 1 saturated carbocycles. The number of rotatable bonds is 6. The fourth-order valence-electron chi connectivity index (χ4n) is 1.32. The van der Waals surface area contributed by atoms with Crippen LogP contribution in [0.5, 0.6) is 0 Å². The van der Waals surface area contributed by atoms with Crippen LogP contribution < -0.4 is 10.6 Å². The summed E-state index contributed by atoms with van der Waals surface area (Å²) in [6.45, 7) is 0.967. The molecule has 0 saturated heterocycles. The molecule has 1 heterocycles. The first kappa shape index (κ1) is 11.8. The van der Waals surface area contributed by atoms with Crippen LogP contribution in [0.15, 0.2) is 12.3 Å². The Bertz CT molecular complexity index is 393. The molecule has 1 fully saturated rings. The Morgan fingerprint density at radius 3 is 3.12 bits per heavy atom. The zero-order valence-corrected chi connectivity index (χ0v) is 9.77. The number of hydrogen-bond donors (Lipinski definition) is 2. The Kier molecular flexibility index (Phi) is 3.87. The smallest absolute Gasteiger partial charge is 0.270 e. The molecule has 2 N–H and O–H groups in total. The maximum atomic E-state index is 11.7. The number of nitrogens with one attached hydrogen (secondary N) is 2. The molecule has 0 spiro atoms. The molecule has 1 aliphatic carbocycles. The number of nitrogens with zero attached hydrogens (tertiary/aromatic N) is 2. The Labute approximate surface area is 99.8 Å². The molecule has 1 aromatic heterocycles. The first-order chi connectivity index (χ1) is 8.29. The average Bonchev–Trinajstić information content (AvgIpc) is 3.13. The molecule has 1 aromatic rings. The average molecular weight is 236 g/mol. The van der Waals surface area contributed by atoms with Crippen LogP contribution in [-0.2, 0) is 4.74 Å². The molecule has 0 aromatic carbocycles. The van der Waals surface area contributed by atoms with Gasteiger partial charge in [0, 0.05) is 25.9 Å². The van der Waals surface area contributed by atoms with E-state index in [9.17, 15) is 4.79 Å². The van der Waals surface area contributed by atoms with Gasteiger partial charge in [-0.1, -0.05) is 0 Å². The lowest BCUT2D eigenvalue weighted by atomic mass is 10.4. The summed E-state index contributed by atoms with van der Waals surface area (Å²) in [4.78, 5) is 19.9. The molecule has 6 nitrogen and oxygen atoms in total. The lowest BCUT2D eigenvalue weighted by molar-refractivity contribution is 0.0932. The third-order valence-corrected chi connectivity index (χ3v) is 2.39. The highest BCUT2D eigenvalue weighted by atomic mass is 16.5. The molecular formula is C11H16N4O2. The number of amides is 1. The van der Waals surface area contributed by atoms with Crippen molar-refractivity contribution in [3.8, 4) is 0 Å². The van der Waals surface area contributed by atoms with E-state index >= 15 is 0 Å². The molecule has 0 radical (unpaired) electrons. The number of ether oxygens (including phenoxy) is 1. The van der Waals surface area contributed by atoms with Crippen molar-refractivity contribution in [2.24, 2.45) is 0 Å². The van der Waals surface area contributed by atoms with Crippen molar-refractivity contribution in [1.82, 2.24) is 15.3 Å². The fraction of sp³-hybridized carbons (Fsp3) is 0.545. The van der Waals surface area contributed by atoms with E-state index in [1.165, 1.54) is 0 Å². The molecule has 0 unspecified atom stereocenters. The van der Waals surface area contributed by atoms with Gasteiger partial charge in [-0.25, -0.2) is 9.97 Å². The normalized spacial score (nSPS) is 14.4. The third-order valence-electron chi connectivity index (χ3n) is 2.39. The van der Waals surface area contributed by atoms with Gasteiger partial charge in [0.15, 0.2) is 0 Å². The van der Waals surface area contributed by atoms with Crippen molar-refractivity contribution in [2.75, 3.05) is 25.6 Å². The van der Waals surface area contributed by atoms with Gasteiger partial charge in [-0.2, -0.15) is 0 Å². The van der Waals surface area contributed by atoms with E-state index in [4.69, 9.17) is 4.74 Å². The first-order valence-corrected chi connectivity index (χ1v) is 5.66. The number of carbonyl (C=O) groups excluding carboxylic acids is 1. The zero-order chi connectivity index (χ0) is 12.1. The molecule has 1 aliphatic rings. The van der Waals surface area contributed by atoms with Crippen LogP contribution in [0.1, 0.15) is 23.3 Å². The van der Waals surface area contributed by atoms with E-state index in [-0.39, 0.29) is 5.91 Å². The van der Waals surface area contributed by atoms with Gasteiger partial charge in [-0.3, -0.25) is 4.79 Å². The highest BCUT2D eigenvalue weighted by molar-refractivity contribution is 5.92. The minimum atomic E-state index is -0.205. The van der Waals surface area contributed by atoms with Gasteiger partial charge in [0.05, 0.1) is 6.61 Å². The molecule has 0 atom stereocenters. The van der Waals surface area contributed by atoms with Crippen molar-refractivity contribution in [1.29, 1.82) is 0 Å². The van der Waals surface area contributed by atoms with Crippen LogP contribution in [0.25, 0.3) is 0 Å². The minimum absolute atomic E-state index is 0.205. The summed E-state index contributed by atoms with van der Waals surface area (Å²) in [5, 5.41) is 5.87.